The topological polar surface area (TPSA) is 55.4 Å². The fourth-order valence-corrected chi connectivity index (χ4v) is 1.39. The molecule has 0 saturated heterocycles. The van der Waals surface area contributed by atoms with E-state index in [9.17, 15) is 4.79 Å². The van der Waals surface area contributed by atoms with E-state index in [0.29, 0.717) is 6.61 Å². The minimum atomic E-state index is -0.346. The summed E-state index contributed by atoms with van der Waals surface area (Å²) in [6.45, 7) is 21.6. The normalized spacial score (nSPS) is 8.27. The van der Waals surface area contributed by atoms with E-state index in [0.717, 1.165) is 12.7 Å². The van der Waals surface area contributed by atoms with Crippen molar-refractivity contribution in [2.24, 2.45) is 0 Å². The number of hydrogen-bond donors (Lipinski definition) is 1. The fraction of sp³-hybridized carbons (Fsp3) is 0.636. The number of carbonyl (C=O) groups excluding carboxylic acids is 2. The van der Waals surface area contributed by atoms with Gasteiger partial charge in [0, 0.05) is 6.04 Å². The van der Waals surface area contributed by atoms with E-state index in [1.54, 1.807) is 6.92 Å². The van der Waals surface area contributed by atoms with Crippen LogP contribution in [-0.4, -0.2) is 25.0 Å². The maximum absolute atomic E-state index is 11.1. The predicted octanol–water partition coefficient (Wildman–Crippen LogP) is 6.67. The number of benzene rings is 1. The highest BCUT2D eigenvalue weighted by Gasteiger charge is 2.07. The first-order valence-electron chi connectivity index (χ1n) is 10.0. The Labute approximate surface area is 163 Å². The fourth-order valence-electron chi connectivity index (χ4n) is 1.39. The first-order valence-corrected chi connectivity index (χ1v) is 10.0. The molecular weight excluding hydrogens is 326 g/mol. The van der Waals surface area contributed by atoms with Gasteiger partial charge in [-0.25, -0.2) is 4.79 Å². The van der Waals surface area contributed by atoms with E-state index in [1.807, 2.05) is 92.6 Å². The standard InChI is InChI=1S/C12H17NO2.C2H4O.4C2H6/c1-3-15-12(14)13-10(2)9-11-7-5-4-6-8-11;1-2-3;4*1-2/h4-8,10H,3,9H2,1-2H3,(H,13,14);2H,1H3;4*1-2H3. The highest BCUT2D eigenvalue weighted by molar-refractivity contribution is 5.67. The van der Waals surface area contributed by atoms with E-state index < -0.39 is 0 Å². The van der Waals surface area contributed by atoms with Crippen molar-refractivity contribution in [3.8, 4) is 0 Å². The van der Waals surface area contributed by atoms with Crippen LogP contribution in [0.1, 0.15) is 81.7 Å². The van der Waals surface area contributed by atoms with Gasteiger partial charge in [-0.15, -0.1) is 0 Å². The third-order valence-electron chi connectivity index (χ3n) is 2.02. The Balaban J connectivity index is -0.000000113. The first kappa shape index (κ1) is 35.3. The summed E-state index contributed by atoms with van der Waals surface area (Å²) in [5.74, 6) is 0. The van der Waals surface area contributed by atoms with E-state index in [2.05, 4.69) is 5.32 Å². The van der Waals surface area contributed by atoms with E-state index in [1.165, 1.54) is 12.5 Å². The molecule has 1 N–H and O–H groups in total. The molecule has 4 heteroatoms. The molecule has 1 aromatic carbocycles. The molecule has 1 atom stereocenters. The first-order chi connectivity index (χ1) is 12.6. The number of carbonyl (C=O) groups is 2. The predicted molar refractivity (Wildman–Crippen MR) is 117 cm³/mol. The van der Waals surface area contributed by atoms with Gasteiger partial charge in [-0.2, -0.15) is 0 Å². The molecule has 0 aromatic heterocycles. The summed E-state index contributed by atoms with van der Waals surface area (Å²) in [6.07, 6.45) is 1.22. The summed E-state index contributed by atoms with van der Waals surface area (Å²) in [7, 11) is 0. The van der Waals surface area contributed by atoms with Gasteiger partial charge in [0.1, 0.15) is 6.29 Å². The molecule has 0 bridgehead atoms. The number of rotatable bonds is 4. The Hall–Kier alpha value is -1.84. The molecule has 0 radical (unpaired) electrons. The summed E-state index contributed by atoms with van der Waals surface area (Å²) >= 11 is 0. The number of amides is 1. The molecule has 0 aliphatic carbocycles. The maximum atomic E-state index is 11.1. The lowest BCUT2D eigenvalue weighted by molar-refractivity contribution is -0.106. The quantitative estimate of drug-likeness (QED) is 0.601. The van der Waals surface area contributed by atoms with Crippen molar-refractivity contribution >= 4 is 12.4 Å². The van der Waals surface area contributed by atoms with Crippen LogP contribution in [0, 0.1) is 0 Å². The van der Waals surface area contributed by atoms with Crippen molar-refractivity contribution in [1.29, 1.82) is 0 Å². The minimum Gasteiger partial charge on any atom is -0.450 e. The van der Waals surface area contributed by atoms with Gasteiger partial charge in [-0.3, -0.25) is 0 Å². The van der Waals surface area contributed by atoms with Crippen molar-refractivity contribution in [3.63, 3.8) is 0 Å². The largest absolute Gasteiger partial charge is 0.450 e. The van der Waals surface area contributed by atoms with Crippen molar-refractivity contribution in [2.45, 2.75) is 88.6 Å². The van der Waals surface area contributed by atoms with Gasteiger partial charge < -0.3 is 14.8 Å². The Morgan fingerprint density at radius 2 is 1.38 bits per heavy atom. The van der Waals surface area contributed by atoms with Crippen LogP contribution < -0.4 is 5.32 Å². The number of aldehydes is 1. The molecule has 0 fully saturated rings. The Morgan fingerprint density at radius 3 is 1.73 bits per heavy atom. The number of nitrogens with one attached hydrogen (secondary N) is 1. The van der Waals surface area contributed by atoms with Gasteiger partial charge in [0.25, 0.3) is 0 Å². The summed E-state index contributed by atoms with van der Waals surface area (Å²) in [4.78, 5) is 19.9. The zero-order valence-corrected chi connectivity index (χ0v) is 19.2. The van der Waals surface area contributed by atoms with Crippen molar-refractivity contribution in [2.75, 3.05) is 6.61 Å². The second kappa shape index (κ2) is 38.6. The van der Waals surface area contributed by atoms with Crippen LogP contribution in [-0.2, 0) is 16.0 Å². The molecule has 26 heavy (non-hydrogen) atoms. The van der Waals surface area contributed by atoms with Crippen LogP contribution in [0.3, 0.4) is 0 Å². The van der Waals surface area contributed by atoms with E-state index in [-0.39, 0.29) is 12.1 Å². The molecule has 1 amide bonds. The smallest absolute Gasteiger partial charge is 0.407 e. The van der Waals surface area contributed by atoms with Crippen LogP contribution >= 0.6 is 0 Å². The van der Waals surface area contributed by atoms with Crippen molar-refractivity contribution in [3.05, 3.63) is 35.9 Å². The van der Waals surface area contributed by atoms with Crippen molar-refractivity contribution < 1.29 is 14.3 Å². The highest BCUT2D eigenvalue weighted by atomic mass is 16.5. The molecule has 0 aliphatic rings. The average Bonchev–Trinajstić information content (AvgIpc) is 2.69. The number of hydrogen-bond acceptors (Lipinski definition) is 3. The SMILES string of the molecule is CC.CC.CC.CC.CC=O.CCOC(=O)NC(C)Cc1ccccc1. The highest BCUT2D eigenvalue weighted by Crippen LogP contribution is 2.02. The molecule has 1 rings (SSSR count). The second-order valence-electron chi connectivity index (χ2n) is 3.69. The number of ether oxygens (including phenoxy) is 1. The summed E-state index contributed by atoms with van der Waals surface area (Å²) in [6, 6.07) is 10.1. The maximum Gasteiger partial charge on any atom is 0.407 e. The second-order valence-corrected chi connectivity index (χ2v) is 3.69. The van der Waals surface area contributed by atoms with Gasteiger partial charge in [-0.05, 0) is 32.8 Å². The van der Waals surface area contributed by atoms with Crippen molar-refractivity contribution in [1.82, 2.24) is 5.32 Å². The molecule has 0 aliphatic heterocycles. The molecule has 0 spiro atoms. The van der Waals surface area contributed by atoms with Gasteiger partial charge in [0.2, 0.25) is 0 Å². The molecule has 1 unspecified atom stereocenters. The van der Waals surface area contributed by atoms with Crippen LogP contribution in [0.15, 0.2) is 30.3 Å². The van der Waals surface area contributed by atoms with E-state index >= 15 is 0 Å². The third-order valence-corrected chi connectivity index (χ3v) is 2.02. The summed E-state index contributed by atoms with van der Waals surface area (Å²) in [5.41, 5.74) is 1.21. The third kappa shape index (κ3) is 33.7. The Morgan fingerprint density at radius 1 is 1.00 bits per heavy atom. The van der Waals surface area contributed by atoms with Gasteiger partial charge in [0.05, 0.1) is 6.61 Å². The molecule has 4 nitrogen and oxygen atoms in total. The molecule has 0 saturated carbocycles. The Bertz CT molecular complexity index is 341. The Kier molecular flexibility index (Phi) is 52.4. The minimum absolute atomic E-state index is 0.0893. The van der Waals surface area contributed by atoms with Gasteiger partial charge in [-0.1, -0.05) is 85.7 Å². The summed E-state index contributed by atoms with van der Waals surface area (Å²) < 4.78 is 4.80. The number of alkyl carbamates (subject to hydrolysis) is 1. The molecule has 156 valence electrons. The summed E-state index contributed by atoms with van der Waals surface area (Å²) in [5, 5.41) is 2.77. The van der Waals surface area contributed by atoms with Crippen LogP contribution in [0.25, 0.3) is 0 Å². The van der Waals surface area contributed by atoms with Gasteiger partial charge >= 0.3 is 6.09 Å². The van der Waals surface area contributed by atoms with E-state index in [4.69, 9.17) is 9.53 Å². The monoisotopic (exact) mass is 371 g/mol. The lowest BCUT2D eigenvalue weighted by Crippen LogP contribution is -2.34. The molecule has 0 heterocycles. The lowest BCUT2D eigenvalue weighted by Gasteiger charge is -2.13. The van der Waals surface area contributed by atoms with Crippen LogP contribution in [0.4, 0.5) is 4.79 Å². The molecular formula is C22H45NO3. The van der Waals surface area contributed by atoms with Crippen LogP contribution in [0.2, 0.25) is 0 Å². The zero-order chi connectivity index (χ0) is 21.8. The zero-order valence-electron chi connectivity index (χ0n) is 19.2. The molecule has 1 aromatic rings. The van der Waals surface area contributed by atoms with Crippen LogP contribution in [0.5, 0.6) is 0 Å². The average molecular weight is 372 g/mol. The lowest BCUT2D eigenvalue weighted by atomic mass is 10.1. The van der Waals surface area contributed by atoms with Gasteiger partial charge in [0.15, 0.2) is 0 Å².